The minimum atomic E-state index is -0.251. The number of rotatable bonds is 4. The van der Waals surface area contributed by atoms with E-state index in [1.807, 2.05) is 13.0 Å². The van der Waals surface area contributed by atoms with E-state index in [2.05, 4.69) is 21.3 Å². The number of urea groups is 1. The summed E-state index contributed by atoms with van der Waals surface area (Å²) in [5.41, 5.74) is 1.36. The van der Waals surface area contributed by atoms with Gasteiger partial charge >= 0.3 is 6.03 Å². The summed E-state index contributed by atoms with van der Waals surface area (Å²) in [7, 11) is 0. The van der Waals surface area contributed by atoms with Crippen molar-refractivity contribution in [3.63, 3.8) is 0 Å². The fraction of sp³-hybridized carbons (Fsp3) is 0.467. The van der Waals surface area contributed by atoms with E-state index in [-0.39, 0.29) is 30.3 Å². The van der Waals surface area contributed by atoms with Crippen molar-refractivity contribution in [2.45, 2.75) is 19.8 Å². The Morgan fingerprint density at radius 3 is 2.45 bits per heavy atom. The first-order chi connectivity index (χ1) is 10.2. The van der Waals surface area contributed by atoms with E-state index >= 15 is 0 Å². The van der Waals surface area contributed by atoms with Crippen molar-refractivity contribution in [3.8, 4) is 0 Å². The van der Waals surface area contributed by atoms with Crippen molar-refractivity contribution in [3.05, 3.63) is 24.3 Å². The molecule has 0 aliphatic carbocycles. The van der Waals surface area contributed by atoms with Gasteiger partial charge in [0.2, 0.25) is 5.91 Å². The minimum absolute atomic E-state index is 0. The molecule has 1 aromatic rings. The summed E-state index contributed by atoms with van der Waals surface area (Å²) in [6, 6.07) is 6.92. The normalized spacial score (nSPS) is 14.6. The van der Waals surface area contributed by atoms with Gasteiger partial charge in [-0.25, -0.2) is 4.79 Å². The number of hydrogen-bond donors (Lipinski definition) is 4. The van der Waals surface area contributed by atoms with Gasteiger partial charge in [-0.1, -0.05) is 6.07 Å². The Morgan fingerprint density at radius 2 is 1.82 bits per heavy atom. The molecule has 0 spiro atoms. The van der Waals surface area contributed by atoms with E-state index in [0.29, 0.717) is 17.9 Å². The van der Waals surface area contributed by atoms with Crippen LogP contribution < -0.4 is 21.3 Å². The predicted molar refractivity (Wildman–Crippen MR) is 90.6 cm³/mol. The summed E-state index contributed by atoms with van der Waals surface area (Å²) in [6.45, 7) is 4.20. The van der Waals surface area contributed by atoms with Crippen LogP contribution in [-0.2, 0) is 4.79 Å². The Bertz CT molecular complexity index is 504. The molecule has 0 saturated carbocycles. The number of halogens is 1. The van der Waals surface area contributed by atoms with Gasteiger partial charge in [0, 0.05) is 23.8 Å². The fourth-order valence-corrected chi connectivity index (χ4v) is 2.34. The average Bonchev–Trinajstić information content (AvgIpc) is 2.48. The molecule has 0 atom stereocenters. The fourth-order valence-electron chi connectivity index (χ4n) is 2.34. The van der Waals surface area contributed by atoms with E-state index in [0.717, 1.165) is 25.9 Å². The number of anilines is 2. The SMILES string of the molecule is CCNC(=O)Nc1cccc(NC(=O)C2CCNCC2)c1.Cl. The van der Waals surface area contributed by atoms with Crippen LogP contribution in [0.15, 0.2) is 24.3 Å². The molecule has 0 bridgehead atoms. The molecule has 3 amide bonds. The highest BCUT2D eigenvalue weighted by molar-refractivity contribution is 5.94. The number of benzene rings is 1. The molecule has 1 aliphatic heterocycles. The number of carbonyl (C=O) groups is 2. The highest BCUT2D eigenvalue weighted by Crippen LogP contribution is 2.18. The van der Waals surface area contributed by atoms with Crippen LogP contribution in [0.4, 0.5) is 16.2 Å². The molecule has 122 valence electrons. The van der Waals surface area contributed by atoms with Gasteiger partial charge in [-0.15, -0.1) is 12.4 Å². The van der Waals surface area contributed by atoms with Gasteiger partial charge < -0.3 is 21.3 Å². The van der Waals surface area contributed by atoms with Crippen molar-refractivity contribution < 1.29 is 9.59 Å². The van der Waals surface area contributed by atoms with Gasteiger partial charge in [0.25, 0.3) is 0 Å². The smallest absolute Gasteiger partial charge is 0.319 e. The second kappa shape index (κ2) is 9.27. The lowest BCUT2D eigenvalue weighted by Crippen LogP contribution is -2.34. The number of nitrogens with one attached hydrogen (secondary N) is 4. The van der Waals surface area contributed by atoms with Crippen molar-refractivity contribution in [1.82, 2.24) is 10.6 Å². The van der Waals surface area contributed by atoms with Crippen LogP contribution >= 0.6 is 12.4 Å². The molecular formula is C15H23ClN4O2. The minimum Gasteiger partial charge on any atom is -0.338 e. The quantitative estimate of drug-likeness (QED) is 0.684. The Kier molecular flexibility index (Phi) is 7.70. The maximum Gasteiger partial charge on any atom is 0.319 e. The topological polar surface area (TPSA) is 82.3 Å². The predicted octanol–water partition coefficient (Wildman–Crippen LogP) is 2.19. The van der Waals surface area contributed by atoms with Crippen LogP contribution in [0.5, 0.6) is 0 Å². The number of amides is 3. The van der Waals surface area contributed by atoms with Crippen molar-refractivity contribution in [2.75, 3.05) is 30.3 Å². The Balaban J connectivity index is 0.00000242. The van der Waals surface area contributed by atoms with Gasteiger partial charge in [0.15, 0.2) is 0 Å². The summed E-state index contributed by atoms with van der Waals surface area (Å²) in [5, 5.41) is 11.5. The molecule has 7 heteroatoms. The van der Waals surface area contributed by atoms with Gasteiger partial charge in [0.1, 0.15) is 0 Å². The number of hydrogen-bond acceptors (Lipinski definition) is 3. The van der Waals surface area contributed by atoms with E-state index in [4.69, 9.17) is 0 Å². The number of carbonyl (C=O) groups excluding carboxylic acids is 2. The van der Waals surface area contributed by atoms with E-state index in [1.165, 1.54) is 0 Å². The van der Waals surface area contributed by atoms with Crippen LogP contribution in [-0.4, -0.2) is 31.6 Å². The molecule has 4 N–H and O–H groups in total. The summed E-state index contributed by atoms with van der Waals surface area (Å²) in [4.78, 5) is 23.6. The first-order valence-electron chi connectivity index (χ1n) is 7.35. The first-order valence-corrected chi connectivity index (χ1v) is 7.35. The van der Waals surface area contributed by atoms with Gasteiger partial charge in [0.05, 0.1) is 0 Å². The van der Waals surface area contributed by atoms with Gasteiger partial charge in [-0.2, -0.15) is 0 Å². The lowest BCUT2D eigenvalue weighted by atomic mass is 9.97. The molecule has 1 fully saturated rings. The molecule has 1 saturated heterocycles. The summed E-state index contributed by atoms with van der Waals surface area (Å²) in [6.07, 6.45) is 1.73. The molecule has 1 heterocycles. The lowest BCUT2D eigenvalue weighted by molar-refractivity contribution is -0.120. The van der Waals surface area contributed by atoms with Crippen LogP contribution in [0.2, 0.25) is 0 Å². The molecule has 1 aromatic carbocycles. The molecule has 1 aliphatic rings. The highest BCUT2D eigenvalue weighted by Gasteiger charge is 2.20. The first kappa shape index (κ1) is 18.3. The Labute approximate surface area is 136 Å². The Morgan fingerprint density at radius 1 is 1.18 bits per heavy atom. The van der Waals surface area contributed by atoms with Crippen molar-refractivity contribution in [2.24, 2.45) is 5.92 Å². The molecule has 22 heavy (non-hydrogen) atoms. The van der Waals surface area contributed by atoms with Crippen molar-refractivity contribution >= 4 is 35.7 Å². The second-order valence-corrected chi connectivity index (χ2v) is 5.08. The van der Waals surface area contributed by atoms with Gasteiger partial charge in [-0.3, -0.25) is 4.79 Å². The molecule has 0 radical (unpaired) electrons. The lowest BCUT2D eigenvalue weighted by Gasteiger charge is -2.21. The highest BCUT2D eigenvalue weighted by atomic mass is 35.5. The van der Waals surface area contributed by atoms with E-state index in [1.54, 1.807) is 18.2 Å². The second-order valence-electron chi connectivity index (χ2n) is 5.08. The van der Waals surface area contributed by atoms with E-state index < -0.39 is 0 Å². The van der Waals surface area contributed by atoms with Gasteiger partial charge in [-0.05, 0) is 51.1 Å². The maximum absolute atomic E-state index is 12.2. The summed E-state index contributed by atoms with van der Waals surface area (Å²) in [5.74, 6) is 0.109. The largest absolute Gasteiger partial charge is 0.338 e. The number of piperidine rings is 1. The standard InChI is InChI=1S/C15H22N4O2.ClH/c1-2-17-15(21)19-13-5-3-4-12(10-13)18-14(20)11-6-8-16-9-7-11;/h3-5,10-11,16H,2,6-9H2,1H3,(H,18,20)(H2,17,19,21);1H. The van der Waals surface area contributed by atoms with Crippen LogP contribution in [0.25, 0.3) is 0 Å². The Hall–Kier alpha value is -1.79. The zero-order valence-electron chi connectivity index (χ0n) is 12.6. The summed E-state index contributed by atoms with van der Waals surface area (Å²) >= 11 is 0. The van der Waals surface area contributed by atoms with E-state index in [9.17, 15) is 9.59 Å². The average molecular weight is 327 g/mol. The molecule has 2 rings (SSSR count). The molecule has 6 nitrogen and oxygen atoms in total. The molecular weight excluding hydrogens is 304 g/mol. The third-order valence-corrected chi connectivity index (χ3v) is 3.44. The van der Waals surface area contributed by atoms with Crippen LogP contribution in [0.1, 0.15) is 19.8 Å². The monoisotopic (exact) mass is 326 g/mol. The van der Waals surface area contributed by atoms with Crippen LogP contribution in [0, 0.1) is 5.92 Å². The van der Waals surface area contributed by atoms with Crippen LogP contribution in [0.3, 0.4) is 0 Å². The molecule has 0 aromatic heterocycles. The molecule has 0 unspecified atom stereocenters. The van der Waals surface area contributed by atoms with Crippen molar-refractivity contribution in [1.29, 1.82) is 0 Å². The zero-order chi connectivity index (χ0) is 15.1. The third kappa shape index (κ3) is 5.54. The zero-order valence-corrected chi connectivity index (χ0v) is 13.5. The maximum atomic E-state index is 12.2. The summed E-state index contributed by atoms with van der Waals surface area (Å²) < 4.78 is 0. The third-order valence-electron chi connectivity index (χ3n) is 3.44.